The summed E-state index contributed by atoms with van der Waals surface area (Å²) >= 11 is 0. The highest BCUT2D eigenvalue weighted by Gasteiger charge is 2.30. The van der Waals surface area contributed by atoms with Crippen molar-refractivity contribution in [3.63, 3.8) is 0 Å². The molecule has 4 rings (SSSR count). The molecule has 10 heteroatoms. The maximum absolute atomic E-state index is 13.5. The number of halogens is 2. The van der Waals surface area contributed by atoms with Crippen LogP contribution in [-0.4, -0.2) is 62.0 Å². The molecule has 0 unspecified atom stereocenters. The van der Waals surface area contributed by atoms with Gasteiger partial charge in [-0.2, -0.15) is 4.31 Å². The molecule has 2 fully saturated rings. The molecular formula is C20H25F2N5O2S. The Labute approximate surface area is 175 Å². The lowest BCUT2D eigenvalue weighted by Gasteiger charge is -2.35. The van der Waals surface area contributed by atoms with Crippen molar-refractivity contribution in [1.82, 2.24) is 14.3 Å². The number of aryl methyl sites for hydroxylation is 1. The van der Waals surface area contributed by atoms with E-state index in [1.54, 1.807) is 0 Å². The lowest BCUT2D eigenvalue weighted by molar-refractivity contribution is 0.383. The standard InChI is InChI=1S/C20H25F2N5O2S/c1-15-23-19(25-7-3-2-4-8-25)14-20(24-15)26-9-11-27(12-10-26)30(28,29)16-5-6-17(21)18(22)13-16/h5-6,13-14H,2-4,7-12H2,1H3. The van der Waals surface area contributed by atoms with Crippen LogP contribution in [-0.2, 0) is 10.0 Å². The second-order valence-corrected chi connectivity index (χ2v) is 9.58. The Kier molecular flexibility index (Phi) is 5.88. The third-order valence-electron chi connectivity index (χ3n) is 5.58. The zero-order valence-electron chi connectivity index (χ0n) is 16.9. The van der Waals surface area contributed by atoms with E-state index < -0.39 is 21.7 Å². The Hall–Kier alpha value is -2.33. The molecule has 0 aliphatic carbocycles. The van der Waals surface area contributed by atoms with Crippen molar-refractivity contribution in [2.75, 3.05) is 49.1 Å². The molecule has 162 valence electrons. The van der Waals surface area contributed by atoms with Gasteiger partial charge in [0, 0.05) is 45.3 Å². The number of benzene rings is 1. The lowest BCUT2D eigenvalue weighted by atomic mass is 10.1. The molecule has 0 spiro atoms. The van der Waals surface area contributed by atoms with Crippen molar-refractivity contribution in [1.29, 1.82) is 0 Å². The first-order chi connectivity index (χ1) is 14.3. The molecule has 0 saturated carbocycles. The summed E-state index contributed by atoms with van der Waals surface area (Å²) in [6.07, 6.45) is 3.54. The first kappa shape index (κ1) is 20.9. The predicted molar refractivity (Wildman–Crippen MR) is 110 cm³/mol. The van der Waals surface area contributed by atoms with Crippen LogP contribution >= 0.6 is 0 Å². The molecule has 3 heterocycles. The molecule has 2 aliphatic rings. The van der Waals surface area contributed by atoms with E-state index in [1.165, 1.54) is 10.7 Å². The van der Waals surface area contributed by atoms with E-state index in [4.69, 9.17) is 0 Å². The summed E-state index contributed by atoms with van der Waals surface area (Å²) in [5, 5.41) is 0. The summed E-state index contributed by atoms with van der Waals surface area (Å²) in [7, 11) is -3.88. The predicted octanol–water partition coefficient (Wildman–Crippen LogP) is 2.56. The smallest absolute Gasteiger partial charge is 0.243 e. The van der Waals surface area contributed by atoms with Crippen LogP contribution in [0.25, 0.3) is 0 Å². The van der Waals surface area contributed by atoms with Crippen molar-refractivity contribution in [2.24, 2.45) is 0 Å². The fourth-order valence-electron chi connectivity index (χ4n) is 3.93. The molecule has 2 saturated heterocycles. The molecule has 2 aromatic rings. The van der Waals surface area contributed by atoms with E-state index in [0.29, 0.717) is 18.9 Å². The van der Waals surface area contributed by atoms with Gasteiger partial charge in [0.1, 0.15) is 17.5 Å². The van der Waals surface area contributed by atoms with Gasteiger partial charge in [-0.05, 0) is 44.4 Å². The molecule has 1 aromatic carbocycles. The average Bonchev–Trinajstić information content (AvgIpc) is 2.76. The summed E-state index contributed by atoms with van der Waals surface area (Å²) < 4.78 is 53.6. The number of piperazine rings is 1. The quantitative estimate of drug-likeness (QED) is 0.732. The summed E-state index contributed by atoms with van der Waals surface area (Å²) in [5.41, 5.74) is 0. The highest BCUT2D eigenvalue weighted by Crippen LogP contribution is 2.25. The van der Waals surface area contributed by atoms with E-state index in [0.717, 1.165) is 55.8 Å². The molecule has 1 aromatic heterocycles. The van der Waals surface area contributed by atoms with Crippen LogP contribution in [0, 0.1) is 18.6 Å². The zero-order valence-corrected chi connectivity index (χ0v) is 17.7. The molecule has 0 bridgehead atoms. The van der Waals surface area contributed by atoms with Gasteiger partial charge in [-0.1, -0.05) is 0 Å². The van der Waals surface area contributed by atoms with Gasteiger partial charge in [0.05, 0.1) is 4.90 Å². The van der Waals surface area contributed by atoms with Gasteiger partial charge in [0.15, 0.2) is 11.6 Å². The highest BCUT2D eigenvalue weighted by atomic mass is 32.2. The molecule has 0 atom stereocenters. The van der Waals surface area contributed by atoms with Gasteiger partial charge in [-0.3, -0.25) is 0 Å². The van der Waals surface area contributed by atoms with Gasteiger partial charge in [-0.15, -0.1) is 0 Å². The highest BCUT2D eigenvalue weighted by molar-refractivity contribution is 7.89. The Balaban J connectivity index is 1.48. The maximum Gasteiger partial charge on any atom is 0.243 e. The Morgan fingerprint density at radius 2 is 1.40 bits per heavy atom. The number of anilines is 2. The third-order valence-corrected chi connectivity index (χ3v) is 7.48. The van der Waals surface area contributed by atoms with E-state index in [1.807, 2.05) is 17.9 Å². The second kappa shape index (κ2) is 8.43. The number of nitrogens with zero attached hydrogens (tertiary/aromatic N) is 5. The van der Waals surface area contributed by atoms with Crippen LogP contribution in [0.1, 0.15) is 25.1 Å². The number of hydrogen-bond acceptors (Lipinski definition) is 6. The van der Waals surface area contributed by atoms with Gasteiger partial charge in [0.2, 0.25) is 10.0 Å². The Morgan fingerprint density at radius 3 is 2.00 bits per heavy atom. The molecule has 0 amide bonds. The summed E-state index contributed by atoms with van der Waals surface area (Å²) in [5.74, 6) is 0.144. The van der Waals surface area contributed by atoms with E-state index in [2.05, 4.69) is 14.9 Å². The van der Waals surface area contributed by atoms with Crippen molar-refractivity contribution in [2.45, 2.75) is 31.1 Å². The van der Waals surface area contributed by atoms with Crippen LogP contribution in [0.4, 0.5) is 20.4 Å². The summed E-state index contributed by atoms with van der Waals surface area (Å²) in [6.45, 7) is 5.22. The molecule has 0 radical (unpaired) electrons. The molecule has 0 N–H and O–H groups in total. The monoisotopic (exact) mass is 437 g/mol. The van der Waals surface area contributed by atoms with Crippen LogP contribution in [0.15, 0.2) is 29.2 Å². The van der Waals surface area contributed by atoms with Crippen molar-refractivity contribution >= 4 is 21.7 Å². The van der Waals surface area contributed by atoms with Gasteiger partial charge in [0.25, 0.3) is 0 Å². The third kappa shape index (κ3) is 4.24. The molecular weight excluding hydrogens is 412 g/mol. The number of sulfonamides is 1. The van der Waals surface area contributed by atoms with Crippen LogP contribution in [0.2, 0.25) is 0 Å². The van der Waals surface area contributed by atoms with Crippen LogP contribution < -0.4 is 9.80 Å². The number of aromatic nitrogens is 2. The van der Waals surface area contributed by atoms with Gasteiger partial charge in [-0.25, -0.2) is 27.2 Å². The van der Waals surface area contributed by atoms with Crippen LogP contribution in [0.3, 0.4) is 0 Å². The summed E-state index contributed by atoms with van der Waals surface area (Å²) in [6, 6.07) is 4.64. The first-order valence-electron chi connectivity index (χ1n) is 10.2. The van der Waals surface area contributed by atoms with Crippen LogP contribution in [0.5, 0.6) is 0 Å². The number of hydrogen-bond donors (Lipinski definition) is 0. The Morgan fingerprint density at radius 1 is 0.800 bits per heavy atom. The maximum atomic E-state index is 13.5. The SMILES string of the molecule is Cc1nc(N2CCCCC2)cc(N2CCN(S(=O)(=O)c3ccc(F)c(F)c3)CC2)n1. The minimum atomic E-state index is -3.88. The normalized spacial score (nSPS) is 18.6. The van der Waals surface area contributed by atoms with Crippen molar-refractivity contribution in [3.05, 3.63) is 41.7 Å². The van der Waals surface area contributed by atoms with Crippen molar-refractivity contribution < 1.29 is 17.2 Å². The largest absolute Gasteiger partial charge is 0.356 e. The topological polar surface area (TPSA) is 69.6 Å². The number of piperidine rings is 1. The van der Waals surface area contributed by atoms with Gasteiger partial charge < -0.3 is 9.80 Å². The zero-order chi connectivity index (χ0) is 21.3. The Bertz CT molecular complexity index is 1020. The second-order valence-electron chi connectivity index (χ2n) is 7.65. The minimum Gasteiger partial charge on any atom is -0.356 e. The van der Waals surface area contributed by atoms with E-state index >= 15 is 0 Å². The van der Waals surface area contributed by atoms with E-state index in [-0.39, 0.29) is 18.0 Å². The van der Waals surface area contributed by atoms with Gasteiger partial charge >= 0.3 is 0 Å². The average molecular weight is 438 g/mol. The molecule has 2 aliphatic heterocycles. The first-order valence-corrected chi connectivity index (χ1v) is 11.6. The fraction of sp³-hybridized carbons (Fsp3) is 0.500. The fourth-order valence-corrected chi connectivity index (χ4v) is 5.36. The number of rotatable bonds is 4. The van der Waals surface area contributed by atoms with Crippen molar-refractivity contribution in [3.8, 4) is 0 Å². The summed E-state index contributed by atoms with van der Waals surface area (Å²) in [4.78, 5) is 13.2. The lowest BCUT2D eigenvalue weighted by Crippen LogP contribution is -2.49. The molecule has 7 nitrogen and oxygen atoms in total. The van der Waals surface area contributed by atoms with E-state index in [9.17, 15) is 17.2 Å². The molecule has 30 heavy (non-hydrogen) atoms. The minimum absolute atomic E-state index is 0.236.